The van der Waals surface area contributed by atoms with E-state index in [2.05, 4.69) is 10.1 Å². The Balaban J connectivity index is 1.56. The van der Waals surface area contributed by atoms with E-state index >= 15 is 0 Å². The smallest absolute Gasteiger partial charge is 0.227 e. The molecule has 2 aromatic carbocycles. The summed E-state index contributed by atoms with van der Waals surface area (Å²) in [5.41, 5.74) is 3.12. The van der Waals surface area contributed by atoms with Gasteiger partial charge < -0.3 is 14.2 Å². The van der Waals surface area contributed by atoms with Crippen LogP contribution >= 0.6 is 0 Å². The predicted octanol–water partition coefficient (Wildman–Crippen LogP) is 5.37. The van der Waals surface area contributed by atoms with E-state index in [4.69, 9.17) is 9.25 Å². The lowest BCUT2D eigenvalue weighted by Gasteiger charge is -2.26. The highest BCUT2D eigenvalue weighted by Crippen LogP contribution is 2.34. The summed E-state index contributed by atoms with van der Waals surface area (Å²) in [4.78, 5) is 12.1. The maximum Gasteiger partial charge on any atom is 0.227 e. The monoisotopic (exact) mass is 399 g/mol. The SMILES string of the molecule is Fc1ccccc1-c1ccncc1CN1C(c2ccco2)=NOC1c1ccccc1. The van der Waals surface area contributed by atoms with Crippen molar-refractivity contribution < 1.29 is 13.6 Å². The minimum absolute atomic E-state index is 0.276. The lowest BCUT2D eigenvalue weighted by atomic mass is 10.0. The van der Waals surface area contributed by atoms with Crippen LogP contribution in [-0.4, -0.2) is 15.7 Å². The Kier molecular flexibility index (Phi) is 4.73. The third-order valence-corrected chi connectivity index (χ3v) is 5.03. The van der Waals surface area contributed by atoms with Gasteiger partial charge in [-0.25, -0.2) is 4.39 Å². The molecule has 0 radical (unpaired) electrons. The van der Waals surface area contributed by atoms with Crippen molar-refractivity contribution in [3.63, 3.8) is 0 Å². The fourth-order valence-electron chi connectivity index (χ4n) is 3.61. The number of rotatable bonds is 5. The van der Waals surface area contributed by atoms with Crippen LogP contribution in [0.1, 0.15) is 23.1 Å². The number of hydrogen-bond acceptors (Lipinski definition) is 5. The first kappa shape index (κ1) is 18.1. The maximum absolute atomic E-state index is 14.5. The molecule has 148 valence electrons. The zero-order chi connectivity index (χ0) is 20.3. The second kappa shape index (κ2) is 7.83. The largest absolute Gasteiger partial charge is 0.461 e. The Morgan fingerprint density at radius 1 is 0.900 bits per heavy atom. The molecule has 5 rings (SSSR count). The van der Waals surface area contributed by atoms with Crippen LogP contribution in [0.2, 0.25) is 0 Å². The molecular weight excluding hydrogens is 381 g/mol. The number of oxime groups is 1. The first-order valence-corrected chi connectivity index (χ1v) is 9.58. The van der Waals surface area contributed by atoms with Crippen LogP contribution in [0.4, 0.5) is 4.39 Å². The standard InChI is InChI=1S/C24H18FN3O2/c25-21-10-5-4-9-20(21)19-12-13-26-15-18(19)16-28-23(22-11-6-14-29-22)27-30-24(28)17-7-2-1-3-8-17/h1-15,24H,16H2. The zero-order valence-electron chi connectivity index (χ0n) is 16.0. The van der Waals surface area contributed by atoms with E-state index in [1.165, 1.54) is 6.07 Å². The van der Waals surface area contributed by atoms with E-state index in [-0.39, 0.29) is 5.82 Å². The van der Waals surface area contributed by atoms with Crippen LogP contribution in [0.3, 0.4) is 0 Å². The molecule has 0 spiro atoms. The third-order valence-electron chi connectivity index (χ3n) is 5.03. The van der Waals surface area contributed by atoms with E-state index in [0.29, 0.717) is 23.7 Å². The van der Waals surface area contributed by atoms with Gasteiger partial charge in [-0.1, -0.05) is 53.7 Å². The van der Waals surface area contributed by atoms with Gasteiger partial charge in [-0.3, -0.25) is 4.98 Å². The van der Waals surface area contributed by atoms with Crippen LogP contribution in [0.5, 0.6) is 0 Å². The van der Waals surface area contributed by atoms with E-state index in [9.17, 15) is 4.39 Å². The lowest BCUT2D eigenvalue weighted by Crippen LogP contribution is -2.31. The van der Waals surface area contributed by atoms with E-state index in [0.717, 1.165) is 16.7 Å². The number of aromatic nitrogens is 1. The van der Waals surface area contributed by atoms with Crippen molar-refractivity contribution in [3.8, 4) is 11.1 Å². The Morgan fingerprint density at radius 2 is 1.73 bits per heavy atom. The van der Waals surface area contributed by atoms with E-state index < -0.39 is 6.23 Å². The Bertz CT molecular complexity index is 1180. The molecular formula is C24H18FN3O2. The second-order valence-electron chi connectivity index (χ2n) is 6.90. The normalized spacial score (nSPS) is 15.7. The Hall–Kier alpha value is -3.93. The minimum Gasteiger partial charge on any atom is -0.461 e. The summed E-state index contributed by atoms with van der Waals surface area (Å²) in [6.07, 6.45) is 4.59. The van der Waals surface area contributed by atoms with Crippen LogP contribution in [0, 0.1) is 5.82 Å². The predicted molar refractivity (Wildman–Crippen MR) is 111 cm³/mol. The molecule has 0 fully saturated rings. The molecule has 0 bridgehead atoms. The molecule has 1 atom stereocenters. The van der Waals surface area contributed by atoms with Gasteiger partial charge in [0.2, 0.25) is 12.1 Å². The van der Waals surface area contributed by atoms with Crippen molar-refractivity contribution in [3.05, 3.63) is 114 Å². The third kappa shape index (κ3) is 3.33. The van der Waals surface area contributed by atoms with Crippen molar-refractivity contribution in [1.82, 2.24) is 9.88 Å². The first-order chi connectivity index (χ1) is 14.8. The summed E-state index contributed by atoms with van der Waals surface area (Å²) in [6, 6.07) is 22.0. The van der Waals surface area contributed by atoms with E-state index in [1.807, 2.05) is 53.4 Å². The fourth-order valence-corrected chi connectivity index (χ4v) is 3.61. The summed E-state index contributed by atoms with van der Waals surface area (Å²) in [7, 11) is 0. The molecule has 6 heteroatoms. The average Bonchev–Trinajstić information content (AvgIpc) is 3.45. The van der Waals surface area contributed by atoms with Crippen molar-refractivity contribution in [2.24, 2.45) is 5.16 Å². The number of hydrogen-bond donors (Lipinski definition) is 0. The highest BCUT2D eigenvalue weighted by molar-refractivity contribution is 5.96. The van der Waals surface area contributed by atoms with Crippen molar-refractivity contribution in [2.45, 2.75) is 12.8 Å². The van der Waals surface area contributed by atoms with Crippen molar-refractivity contribution in [1.29, 1.82) is 0 Å². The summed E-state index contributed by atoms with van der Waals surface area (Å²) < 4.78 is 20.1. The molecule has 0 amide bonds. The molecule has 4 aromatic rings. The quantitative estimate of drug-likeness (QED) is 0.453. The molecule has 3 heterocycles. The molecule has 0 aliphatic carbocycles. The summed E-state index contributed by atoms with van der Waals surface area (Å²) >= 11 is 0. The molecule has 1 aliphatic rings. The number of halogens is 1. The van der Waals surface area contributed by atoms with Gasteiger partial charge in [-0.05, 0) is 35.4 Å². The van der Waals surface area contributed by atoms with Gasteiger partial charge in [0.1, 0.15) is 5.82 Å². The molecule has 1 aliphatic heterocycles. The van der Waals surface area contributed by atoms with Gasteiger partial charge in [0.15, 0.2) is 5.76 Å². The van der Waals surface area contributed by atoms with Gasteiger partial charge in [0, 0.05) is 23.5 Å². The number of amidine groups is 1. The van der Waals surface area contributed by atoms with Crippen molar-refractivity contribution >= 4 is 5.84 Å². The Labute approximate surface area is 173 Å². The lowest BCUT2D eigenvalue weighted by molar-refractivity contribution is 0.00575. The van der Waals surface area contributed by atoms with Gasteiger partial charge in [0.05, 0.1) is 12.8 Å². The maximum atomic E-state index is 14.5. The van der Waals surface area contributed by atoms with Crippen LogP contribution < -0.4 is 0 Å². The molecule has 30 heavy (non-hydrogen) atoms. The highest BCUT2D eigenvalue weighted by atomic mass is 19.1. The number of nitrogens with zero attached hydrogens (tertiary/aromatic N) is 3. The van der Waals surface area contributed by atoms with Gasteiger partial charge in [0.25, 0.3) is 0 Å². The first-order valence-electron chi connectivity index (χ1n) is 9.58. The fraction of sp³-hybridized carbons (Fsp3) is 0.0833. The van der Waals surface area contributed by atoms with Crippen LogP contribution in [0.25, 0.3) is 11.1 Å². The Morgan fingerprint density at radius 3 is 2.53 bits per heavy atom. The number of pyridine rings is 1. The summed E-state index contributed by atoms with van der Waals surface area (Å²) in [5, 5.41) is 4.29. The molecule has 1 unspecified atom stereocenters. The number of benzene rings is 2. The van der Waals surface area contributed by atoms with Gasteiger partial charge >= 0.3 is 0 Å². The molecule has 0 saturated heterocycles. The molecule has 0 saturated carbocycles. The topological polar surface area (TPSA) is 50.9 Å². The highest BCUT2D eigenvalue weighted by Gasteiger charge is 2.34. The molecule has 2 aromatic heterocycles. The van der Waals surface area contributed by atoms with E-state index in [1.54, 1.807) is 36.9 Å². The van der Waals surface area contributed by atoms with Gasteiger partial charge in [-0.15, -0.1) is 0 Å². The average molecular weight is 399 g/mol. The molecule has 5 nitrogen and oxygen atoms in total. The molecule has 0 N–H and O–H groups in total. The van der Waals surface area contributed by atoms with Crippen LogP contribution in [-0.2, 0) is 11.4 Å². The summed E-state index contributed by atoms with van der Waals surface area (Å²) in [5.74, 6) is 0.907. The second-order valence-corrected chi connectivity index (χ2v) is 6.90. The van der Waals surface area contributed by atoms with Crippen molar-refractivity contribution in [2.75, 3.05) is 0 Å². The zero-order valence-corrected chi connectivity index (χ0v) is 16.0. The number of furan rings is 1. The van der Waals surface area contributed by atoms with Crippen LogP contribution in [0.15, 0.2) is 101 Å². The summed E-state index contributed by atoms with van der Waals surface area (Å²) in [6.45, 7) is 0.413. The van der Waals surface area contributed by atoms with Gasteiger partial charge in [-0.2, -0.15) is 0 Å². The minimum atomic E-state index is -0.431.